The second-order valence-electron chi connectivity index (χ2n) is 1.66. The minimum Gasteiger partial charge on any atom is -0.342 e. The van der Waals surface area contributed by atoms with E-state index in [1.54, 1.807) is 12.5 Å². The number of hydrogen-bond donors (Lipinski definition) is 1. The molecule has 4 nitrogen and oxygen atoms in total. The van der Waals surface area contributed by atoms with E-state index >= 15 is 0 Å². The molecule has 0 atom stereocenters. The van der Waals surface area contributed by atoms with Gasteiger partial charge in [0, 0.05) is 27.3 Å². The van der Waals surface area contributed by atoms with Crippen LogP contribution in [0.4, 0.5) is 0 Å². The van der Waals surface area contributed by atoms with Crippen molar-refractivity contribution in [1.29, 1.82) is 0 Å². The van der Waals surface area contributed by atoms with Gasteiger partial charge in [-0.3, -0.25) is 0 Å². The van der Waals surface area contributed by atoms with Crippen LogP contribution in [0.5, 0.6) is 0 Å². The molecule has 2 rings (SSSR count). The van der Waals surface area contributed by atoms with Crippen LogP contribution >= 0.6 is 0 Å². The third-order valence-corrected chi connectivity index (χ3v) is 1.10. The average Bonchev–Trinajstić information content (AvgIpc) is 2.33. The second kappa shape index (κ2) is 3.04. The van der Waals surface area contributed by atoms with Gasteiger partial charge in [0.05, 0.1) is 12.5 Å². The van der Waals surface area contributed by atoms with Gasteiger partial charge in [-0.1, -0.05) is 0 Å². The summed E-state index contributed by atoms with van der Waals surface area (Å²) < 4.78 is 0. The maximum atomic E-state index is 3.91. The molecule has 0 saturated heterocycles. The molecule has 4 radical (unpaired) electrons. The second-order valence-corrected chi connectivity index (χ2v) is 1.66. The van der Waals surface area contributed by atoms with E-state index in [1.807, 2.05) is 0 Å². The first kappa shape index (κ1) is 7.58. The van der Waals surface area contributed by atoms with Crippen LogP contribution in [-0.2, 0) is 0 Å². The van der Waals surface area contributed by atoms with Crippen molar-refractivity contribution in [3.05, 3.63) is 18.9 Å². The van der Waals surface area contributed by atoms with E-state index in [4.69, 9.17) is 0 Å². The molecule has 2 heterocycles. The fraction of sp³-hybridized carbons (Fsp3) is 0. The number of H-pyrrole nitrogens is 1. The molecule has 0 unspecified atom stereocenters. The minimum atomic E-state index is 0. The summed E-state index contributed by atoms with van der Waals surface area (Å²) in [4.78, 5) is 14.5. The zero-order chi connectivity index (χ0) is 6.10. The van der Waals surface area contributed by atoms with Crippen molar-refractivity contribution < 1.29 is 0 Å². The zero-order valence-electron chi connectivity index (χ0n) is 5.07. The first-order valence-electron chi connectivity index (χ1n) is 2.56. The summed E-state index contributed by atoms with van der Waals surface area (Å²) in [5.74, 6) is 0. The van der Waals surface area contributed by atoms with E-state index in [1.165, 1.54) is 6.33 Å². The molecule has 48 valence electrons. The molecule has 0 amide bonds. The van der Waals surface area contributed by atoms with Gasteiger partial charge < -0.3 is 4.98 Å². The van der Waals surface area contributed by atoms with Crippen molar-refractivity contribution in [1.82, 2.24) is 19.9 Å². The topological polar surface area (TPSA) is 54.5 Å². The van der Waals surface area contributed by atoms with Crippen molar-refractivity contribution in [2.75, 3.05) is 0 Å². The zero-order valence-corrected chi connectivity index (χ0v) is 8.96. The number of hydrogen-bond acceptors (Lipinski definition) is 3. The summed E-state index contributed by atoms with van der Waals surface area (Å²) in [6, 6.07) is 0. The van der Waals surface area contributed by atoms with Crippen LogP contribution in [0.15, 0.2) is 18.9 Å². The SMILES string of the molecule is [Pb].c1ncc2[nH]cnc2n1. The first-order chi connectivity index (χ1) is 4.47. The maximum Gasteiger partial charge on any atom is 0.180 e. The Balaban J connectivity index is 0.000000500. The van der Waals surface area contributed by atoms with Gasteiger partial charge in [0.1, 0.15) is 11.8 Å². The Labute approximate surface area is 77.3 Å². The molecule has 0 fully saturated rings. The van der Waals surface area contributed by atoms with Gasteiger partial charge >= 0.3 is 0 Å². The van der Waals surface area contributed by atoms with Crippen LogP contribution in [0.3, 0.4) is 0 Å². The monoisotopic (exact) mass is 328 g/mol. The molecule has 10 heavy (non-hydrogen) atoms. The molecular weight excluding hydrogens is 323 g/mol. The standard InChI is InChI=1S/C5H4N4.Pb/c1-4-5(8-2-6-1)9-3-7-4;/h1-3H,(H,6,7,8,9);. The van der Waals surface area contributed by atoms with Crippen LogP contribution in [0, 0.1) is 0 Å². The van der Waals surface area contributed by atoms with E-state index in [0.717, 1.165) is 5.52 Å². The van der Waals surface area contributed by atoms with Crippen molar-refractivity contribution >= 4 is 38.5 Å². The summed E-state index contributed by atoms with van der Waals surface area (Å²) in [7, 11) is 0. The van der Waals surface area contributed by atoms with E-state index < -0.39 is 0 Å². The Kier molecular flexibility index (Phi) is 2.30. The van der Waals surface area contributed by atoms with Gasteiger partial charge in [0.2, 0.25) is 0 Å². The Morgan fingerprint density at radius 2 is 2.20 bits per heavy atom. The molecule has 5 heteroatoms. The van der Waals surface area contributed by atoms with Crippen LogP contribution in [0.25, 0.3) is 11.2 Å². The van der Waals surface area contributed by atoms with Gasteiger partial charge in [-0.15, -0.1) is 0 Å². The van der Waals surface area contributed by atoms with Gasteiger partial charge in [0.25, 0.3) is 0 Å². The van der Waals surface area contributed by atoms with Crippen LogP contribution < -0.4 is 0 Å². The Morgan fingerprint density at radius 3 is 3.00 bits per heavy atom. The molecule has 1 N–H and O–H groups in total. The Hall–Kier alpha value is -0.528. The molecule has 0 aliphatic rings. The summed E-state index contributed by atoms with van der Waals surface area (Å²) in [6.07, 6.45) is 4.76. The largest absolute Gasteiger partial charge is 0.342 e. The fourth-order valence-corrected chi connectivity index (χ4v) is 0.691. The molecule has 0 aromatic carbocycles. The minimum absolute atomic E-state index is 0. The van der Waals surface area contributed by atoms with Crippen molar-refractivity contribution in [2.45, 2.75) is 0 Å². The molecular formula is C5H4N4Pb. The maximum absolute atomic E-state index is 3.91. The predicted octanol–water partition coefficient (Wildman–Crippen LogP) is -0.0279. The summed E-state index contributed by atoms with van der Waals surface area (Å²) in [6.45, 7) is 0. The number of imidazole rings is 1. The normalized spacial score (nSPS) is 9.20. The molecule has 0 aliphatic carbocycles. The number of rotatable bonds is 0. The molecule has 2 aromatic heterocycles. The van der Waals surface area contributed by atoms with Crippen molar-refractivity contribution in [3.63, 3.8) is 0 Å². The van der Waals surface area contributed by atoms with Crippen molar-refractivity contribution in [2.24, 2.45) is 0 Å². The Bertz CT molecular complexity index is 288. The van der Waals surface area contributed by atoms with Crippen LogP contribution in [0.1, 0.15) is 0 Å². The number of nitrogens with one attached hydrogen (secondary N) is 1. The molecule has 2 aromatic rings. The first-order valence-corrected chi connectivity index (χ1v) is 2.56. The van der Waals surface area contributed by atoms with Gasteiger partial charge in [-0.2, -0.15) is 0 Å². The fourth-order valence-electron chi connectivity index (χ4n) is 0.691. The van der Waals surface area contributed by atoms with E-state index in [2.05, 4.69) is 19.9 Å². The van der Waals surface area contributed by atoms with Crippen LogP contribution in [0.2, 0.25) is 0 Å². The molecule has 0 saturated carbocycles. The number of nitrogens with zero attached hydrogens (tertiary/aromatic N) is 3. The molecule has 0 bridgehead atoms. The third-order valence-electron chi connectivity index (χ3n) is 1.10. The predicted molar refractivity (Wildman–Crippen MR) is 37.4 cm³/mol. The average molecular weight is 327 g/mol. The summed E-state index contributed by atoms with van der Waals surface area (Å²) in [5.41, 5.74) is 1.59. The summed E-state index contributed by atoms with van der Waals surface area (Å²) >= 11 is 0. The third kappa shape index (κ3) is 1.15. The number of aromatic nitrogens is 4. The van der Waals surface area contributed by atoms with Crippen molar-refractivity contribution in [3.8, 4) is 0 Å². The molecule has 0 aliphatic heterocycles. The van der Waals surface area contributed by atoms with Crippen LogP contribution in [-0.4, -0.2) is 47.2 Å². The smallest absolute Gasteiger partial charge is 0.180 e. The van der Waals surface area contributed by atoms with Gasteiger partial charge in [0.15, 0.2) is 5.65 Å². The Morgan fingerprint density at radius 1 is 1.30 bits per heavy atom. The van der Waals surface area contributed by atoms with Gasteiger partial charge in [-0.25, -0.2) is 15.0 Å². The quantitative estimate of drug-likeness (QED) is 0.692. The van der Waals surface area contributed by atoms with Gasteiger partial charge in [-0.05, 0) is 0 Å². The van der Waals surface area contributed by atoms with E-state index in [-0.39, 0.29) is 27.3 Å². The summed E-state index contributed by atoms with van der Waals surface area (Å²) in [5, 5.41) is 0. The molecule has 0 spiro atoms. The van der Waals surface area contributed by atoms with E-state index in [0.29, 0.717) is 5.65 Å². The number of fused-ring (bicyclic) bond motifs is 1. The van der Waals surface area contributed by atoms with E-state index in [9.17, 15) is 0 Å². The number of aromatic amines is 1.